The van der Waals surface area contributed by atoms with E-state index in [0.717, 1.165) is 25.9 Å². The van der Waals surface area contributed by atoms with Crippen molar-refractivity contribution in [2.24, 2.45) is 5.92 Å². The first-order valence-corrected chi connectivity index (χ1v) is 7.66. The van der Waals surface area contributed by atoms with Crippen LogP contribution in [-0.4, -0.2) is 18.3 Å². The van der Waals surface area contributed by atoms with Crippen molar-refractivity contribution in [3.05, 3.63) is 21.9 Å². The highest BCUT2D eigenvalue weighted by Crippen LogP contribution is 2.29. The van der Waals surface area contributed by atoms with Gasteiger partial charge < -0.3 is 10.4 Å². The molecule has 1 aromatic heterocycles. The Morgan fingerprint density at radius 2 is 2.06 bits per heavy atom. The van der Waals surface area contributed by atoms with E-state index in [1.165, 1.54) is 9.75 Å². The van der Waals surface area contributed by atoms with Crippen LogP contribution >= 0.6 is 11.3 Å². The highest BCUT2D eigenvalue weighted by molar-refractivity contribution is 7.12. The van der Waals surface area contributed by atoms with E-state index in [1.54, 1.807) is 0 Å². The molecule has 0 bridgehead atoms. The third-order valence-electron chi connectivity index (χ3n) is 3.06. The van der Waals surface area contributed by atoms with Crippen molar-refractivity contribution < 1.29 is 5.11 Å². The van der Waals surface area contributed by atoms with E-state index in [9.17, 15) is 0 Å². The molecule has 1 aromatic rings. The maximum atomic E-state index is 8.93. The maximum Gasteiger partial charge on any atom is 0.0456 e. The molecular formula is C15H27NOS. The lowest BCUT2D eigenvalue weighted by Gasteiger charge is -2.15. The van der Waals surface area contributed by atoms with E-state index < -0.39 is 0 Å². The molecule has 0 aliphatic rings. The van der Waals surface area contributed by atoms with Crippen LogP contribution in [0.15, 0.2) is 12.1 Å². The molecule has 3 heteroatoms. The summed E-state index contributed by atoms with van der Waals surface area (Å²) in [5, 5.41) is 12.4. The SMILES string of the molecule is CC(CO)CCCNCc1ccc(C(C)(C)C)s1. The molecule has 0 fully saturated rings. The minimum atomic E-state index is 0.263. The third kappa shape index (κ3) is 5.51. The van der Waals surface area contributed by atoms with Gasteiger partial charge in [-0.15, -0.1) is 11.3 Å². The molecule has 2 nitrogen and oxygen atoms in total. The van der Waals surface area contributed by atoms with Crippen LogP contribution in [-0.2, 0) is 12.0 Å². The Bertz CT molecular complexity index is 341. The lowest BCUT2D eigenvalue weighted by atomic mass is 9.95. The second-order valence-corrected chi connectivity index (χ2v) is 7.29. The molecule has 0 saturated heterocycles. The fourth-order valence-electron chi connectivity index (χ4n) is 1.75. The summed E-state index contributed by atoms with van der Waals surface area (Å²) in [6, 6.07) is 4.48. The predicted molar refractivity (Wildman–Crippen MR) is 80.2 cm³/mol. The first-order valence-electron chi connectivity index (χ1n) is 6.84. The van der Waals surface area contributed by atoms with Crippen LogP contribution < -0.4 is 5.32 Å². The largest absolute Gasteiger partial charge is 0.396 e. The van der Waals surface area contributed by atoms with E-state index >= 15 is 0 Å². The molecule has 0 amide bonds. The highest BCUT2D eigenvalue weighted by Gasteiger charge is 2.15. The first kappa shape index (κ1) is 15.7. The van der Waals surface area contributed by atoms with Crippen molar-refractivity contribution in [2.45, 2.75) is 52.5 Å². The molecule has 0 aliphatic heterocycles. The minimum absolute atomic E-state index is 0.263. The first-order chi connectivity index (χ1) is 8.43. The molecule has 2 N–H and O–H groups in total. The second kappa shape index (κ2) is 7.27. The van der Waals surface area contributed by atoms with Crippen LogP contribution in [0.5, 0.6) is 0 Å². The van der Waals surface area contributed by atoms with Gasteiger partial charge in [0.2, 0.25) is 0 Å². The standard InChI is InChI=1S/C15H27NOS/c1-12(11-17)6-5-9-16-10-13-7-8-14(18-13)15(2,3)4/h7-8,12,16-17H,5-6,9-11H2,1-4H3. The zero-order valence-electron chi connectivity index (χ0n) is 12.1. The monoisotopic (exact) mass is 269 g/mol. The lowest BCUT2D eigenvalue weighted by Crippen LogP contribution is -2.15. The number of hydrogen-bond donors (Lipinski definition) is 2. The van der Waals surface area contributed by atoms with Crippen molar-refractivity contribution in [1.29, 1.82) is 0 Å². The van der Waals surface area contributed by atoms with Gasteiger partial charge in [0.05, 0.1) is 0 Å². The van der Waals surface area contributed by atoms with Crippen LogP contribution in [0.4, 0.5) is 0 Å². The van der Waals surface area contributed by atoms with Crippen LogP contribution in [0.1, 0.15) is 50.3 Å². The van der Waals surface area contributed by atoms with E-state index in [4.69, 9.17) is 5.11 Å². The van der Waals surface area contributed by atoms with Gasteiger partial charge in [-0.3, -0.25) is 0 Å². The Morgan fingerprint density at radius 1 is 1.33 bits per heavy atom. The topological polar surface area (TPSA) is 32.3 Å². The predicted octanol–water partition coefficient (Wildman–Crippen LogP) is 3.54. The zero-order chi connectivity index (χ0) is 13.6. The fourth-order valence-corrected chi connectivity index (χ4v) is 2.79. The van der Waals surface area contributed by atoms with E-state index in [-0.39, 0.29) is 5.41 Å². The molecule has 0 radical (unpaired) electrons. The maximum absolute atomic E-state index is 8.93. The molecule has 1 unspecified atom stereocenters. The van der Waals surface area contributed by atoms with Gasteiger partial charge in [-0.2, -0.15) is 0 Å². The van der Waals surface area contributed by atoms with Gasteiger partial charge in [0.1, 0.15) is 0 Å². The fraction of sp³-hybridized carbons (Fsp3) is 0.733. The normalized spacial score (nSPS) is 13.8. The summed E-state index contributed by atoms with van der Waals surface area (Å²) in [6.45, 7) is 11.2. The molecule has 104 valence electrons. The molecule has 1 atom stereocenters. The van der Waals surface area contributed by atoms with Gasteiger partial charge in [0.15, 0.2) is 0 Å². The van der Waals surface area contributed by atoms with E-state index in [2.05, 4.69) is 45.1 Å². The average Bonchev–Trinajstić information content (AvgIpc) is 2.76. The number of rotatable bonds is 7. The Balaban J connectivity index is 2.22. The highest BCUT2D eigenvalue weighted by atomic mass is 32.1. The summed E-state index contributed by atoms with van der Waals surface area (Å²) >= 11 is 1.91. The number of aliphatic hydroxyl groups excluding tert-OH is 1. The van der Waals surface area contributed by atoms with Gasteiger partial charge in [-0.1, -0.05) is 27.7 Å². The number of nitrogens with one attached hydrogen (secondary N) is 1. The van der Waals surface area contributed by atoms with Gasteiger partial charge in [-0.25, -0.2) is 0 Å². The van der Waals surface area contributed by atoms with Crippen molar-refractivity contribution in [2.75, 3.05) is 13.2 Å². The molecule has 0 aromatic carbocycles. The summed E-state index contributed by atoms with van der Waals surface area (Å²) in [6.07, 6.45) is 2.24. The van der Waals surface area contributed by atoms with Crippen LogP contribution in [0.2, 0.25) is 0 Å². The Kier molecular flexibility index (Phi) is 6.33. The minimum Gasteiger partial charge on any atom is -0.396 e. The van der Waals surface area contributed by atoms with Crippen molar-refractivity contribution in [1.82, 2.24) is 5.32 Å². The number of thiophene rings is 1. The summed E-state index contributed by atoms with van der Waals surface area (Å²) < 4.78 is 0. The van der Waals surface area contributed by atoms with E-state index in [0.29, 0.717) is 12.5 Å². The molecule has 1 rings (SSSR count). The molecule has 1 heterocycles. The van der Waals surface area contributed by atoms with Gasteiger partial charge in [0.25, 0.3) is 0 Å². The summed E-state index contributed by atoms with van der Waals surface area (Å²) in [5.41, 5.74) is 0.263. The quantitative estimate of drug-likeness (QED) is 0.742. The Labute approximate surface area is 115 Å². The molecule has 18 heavy (non-hydrogen) atoms. The van der Waals surface area contributed by atoms with Crippen LogP contribution in [0, 0.1) is 5.92 Å². The Morgan fingerprint density at radius 3 is 2.61 bits per heavy atom. The van der Waals surface area contributed by atoms with Crippen LogP contribution in [0.25, 0.3) is 0 Å². The van der Waals surface area contributed by atoms with Crippen molar-refractivity contribution in [3.63, 3.8) is 0 Å². The second-order valence-electron chi connectivity index (χ2n) is 6.12. The molecule has 0 spiro atoms. The molecular weight excluding hydrogens is 242 g/mol. The summed E-state index contributed by atoms with van der Waals surface area (Å²) in [5.74, 6) is 0.432. The van der Waals surface area contributed by atoms with Gasteiger partial charge >= 0.3 is 0 Å². The average molecular weight is 269 g/mol. The van der Waals surface area contributed by atoms with Crippen LogP contribution in [0.3, 0.4) is 0 Å². The summed E-state index contributed by atoms with van der Waals surface area (Å²) in [4.78, 5) is 2.86. The van der Waals surface area contributed by atoms with Crippen molar-refractivity contribution >= 4 is 11.3 Å². The van der Waals surface area contributed by atoms with E-state index in [1.807, 2.05) is 11.3 Å². The third-order valence-corrected chi connectivity index (χ3v) is 4.57. The summed E-state index contributed by atoms with van der Waals surface area (Å²) in [7, 11) is 0. The zero-order valence-corrected chi connectivity index (χ0v) is 12.9. The Hall–Kier alpha value is -0.380. The van der Waals surface area contributed by atoms with Gasteiger partial charge in [-0.05, 0) is 42.9 Å². The number of hydrogen-bond acceptors (Lipinski definition) is 3. The molecule has 0 aliphatic carbocycles. The van der Waals surface area contributed by atoms with Gasteiger partial charge in [0, 0.05) is 22.9 Å². The number of aliphatic hydroxyl groups is 1. The molecule has 0 saturated carbocycles. The lowest BCUT2D eigenvalue weighted by molar-refractivity contribution is 0.228. The van der Waals surface area contributed by atoms with Crippen molar-refractivity contribution in [3.8, 4) is 0 Å². The smallest absolute Gasteiger partial charge is 0.0456 e.